The van der Waals surface area contributed by atoms with Crippen LogP contribution >= 0.6 is 0 Å². The minimum atomic E-state index is 0.227. The number of para-hydroxylation sites is 1. The van der Waals surface area contributed by atoms with Gasteiger partial charge >= 0.3 is 0 Å². The molecule has 0 aliphatic heterocycles. The standard InChI is InChI=1S/C23H22O2/c1-17-14-23(25-22-11-7-4-8-12-22)18(2)13-20(17)16-21(24)15-19-9-5-3-6-10-19/h3-14H,15-16H2,1-2H3. The molecule has 0 fully saturated rings. The predicted molar refractivity (Wildman–Crippen MR) is 101 cm³/mol. The Balaban J connectivity index is 1.72. The Morgan fingerprint density at radius 3 is 2.12 bits per heavy atom. The number of ether oxygens (including phenoxy) is 1. The Kier molecular flexibility index (Phi) is 5.30. The molecule has 0 heterocycles. The summed E-state index contributed by atoms with van der Waals surface area (Å²) in [6.45, 7) is 4.05. The lowest BCUT2D eigenvalue weighted by Gasteiger charge is -2.13. The van der Waals surface area contributed by atoms with Gasteiger partial charge in [-0.3, -0.25) is 4.79 Å². The summed E-state index contributed by atoms with van der Waals surface area (Å²) in [4.78, 5) is 12.4. The van der Waals surface area contributed by atoms with Gasteiger partial charge in [0.2, 0.25) is 0 Å². The van der Waals surface area contributed by atoms with E-state index in [0.717, 1.165) is 33.8 Å². The van der Waals surface area contributed by atoms with Gasteiger partial charge in [-0.1, -0.05) is 54.6 Å². The van der Waals surface area contributed by atoms with Gasteiger partial charge in [0.25, 0.3) is 0 Å². The number of hydrogen-bond donors (Lipinski definition) is 0. The Labute approximate surface area is 149 Å². The summed E-state index contributed by atoms with van der Waals surface area (Å²) >= 11 is 0. The third-order valence-electron chi connectivity index (χ3n) is 4.24. The van der Waals surface area contributed by atoms with Crippen molar-refractivity contribution in [2.75, 3.05) is 0 Å². The van der Waals surface area contributed by atoms with Crippen molar-refractivity contribution in [1.82, 2.24) is 0 Å². The highest BCUT2D eigenvalue weighted by Gasteiger charge is 2.11. The van der Waals surface area contributed by atoms with E-state index in [0.29, 0.717) is 12.8 Å². The summed E-state index contributed by atoms with van der Waals surface area (Å²) in [5.41, 5.74) is 4.25. The predicted octanol–water partition coefficient (Wildman–Crippen LogP) is 5.45. The highest BCUT2D eigenvalue weighted by Crippen LogP contribution is 2.28. The van der Waals surface area contributed by atoms with Crippen LogP contribution in [0.5, 0.6) is 11.5 Å². The van der Waals surface area contributed by atoms with Gasteiger partial charge in [-0.05, 0) is 54.3 Å². The zero-order valence-electron chi connectivity index (χ0n) is 14.7. The summed E-state index contributed by atoms with van der Waals surface area (Å²) in [6, 6.07) is 23.7. The molecule has 0 bridgehead atoms. The molecule has 25 heavy (non-hydrogen) atoms. The first-order valence-corrected chi connectivity index (χ1v) is 8.50. The van der Waals surface area contributed by atoms with Crippen LogP contribution in [-0.4, -0.2) is 5.78 Å². The lowest BCUT2D eigenvalue weighted by molar-refractivity contribution is -0.117. The van der Waals surface area contributed by atoms with Crippen molar-refractivity contribution in [3.63, 3.8) is 0 Å². The van der Waals surface area contributed by atoms with Crippen molar-refractivity contribution in [3.05, 3.63) is 95.1 Å². The van der Waals surface area contributed by atoms with Crippen molar-refractivity contribution in [3.8, 4) is 11.5 Å². The van der Waals surface area contributed by atoms with E-state index in [-0.39, 0.29) is 5.78 Å². The van der Waals surface area contributed by atoms with E-state index in [9.17, 15) is 4.79 Å². The van der Waals surface area contributed by atoms with E-state index < -0.39 is 0 Å². The quantitative estimate of drug-likeness (QED) is 0.601. The molecule has 0 aliphatic rings. The summed E-state index contributed by atoms with van der Waals surface area (Å²) in [5.74, 6) is 1.88. The fourth-order valence-electron chi connectivity index (χ4n) is 2.86. The molecule has 3 rings (SSSR count). The SMILES string of the molecule is Cc1cc(Oc2ccccc2)c(C)cc1CC(=O)Cc1ccccc1. The van der Waals surface area contributed by atoms with Crippen LogP contribution in [0.25, 0.3) is 0 Å². The Morgan fingerprint density at radius 1 is 0.800 bits per heavy atom. The molecule has 0 saturated heterocycles. The molecule has 3 aromatic carbocycles. The maximum Gasteiger partial charge on any atom is 0.141 e. The first kappa shape index (κ1) is 17.0. The van der Waals surface area contributed by atoms with Gasteiger partial charge in [0, 0.05) is 12.8 Å². The topological polar surface area (TPSA) is 26.3 Å². The zero-order chi connectivity index (χ0) is 17.6. The minimum Gasteiger partial charge on any atom is -0.457 e. The molecule has 0 amide bonds. The maximum absolute atomic E-state index is 12.4. The summed E-state index contributed by atoms with van der Waals surface area (Å²) in [6.07, 6.45) is 0.925. The number of carbonyl (C=O) groups excluding carboxylic acids is 1. The average Bonchev–Trinajstić information content (AvgIpc) is 2.61. The number of rotatable bonds is 6. The fraction of sp³-hybridized carbons (Fsp3) is 0.174. The normalized spacial score (nSPS) is 10.5. The van der Waals surface area contributed by atoms with Crippen molar-refractivity contribution in [1.29, 1.82) is 0 Å². The Morgan fingerprint density at radius 2 is 1.44 bits per heavy atom. The maximum atomic E-state index is 12.4. The van der Waals surface area contributed by atoms with Gasteiger partial charge in [0.15, 0.2) is 0 Å². The second kappa shape index (κ2) is 7.80. The largest absolute Gasteiger partial charge is 0.457 e. The first-order chi connectivity index (χ1) is 12.1. The van der Waals surface area contributed by atoms with Gasteiger partial charge in [-0.25, -0.2) is 0 Å². The van der Waals surface area contributed by atoms with Crippen LogP contribution in [0.1, 0.15) is 22.3 Å². The van der Waals surface area contributed by atoms with E-state index in [1.54, 1.807) is 0 Å². The first-order valence-electron chi connectivity index (χ1n) is 8.50. The van der Waals surface area contributed by atoms with Crippen LogP contribution in [0.2, 0.25) is 0 Å². The number of hydrogen-bond acceptors (Lipinski definition) is 2. The molecule has 0 unspecified atom stereocenters. The summed E-state index contributed by atoms with van der Waals surface area (Å²) in [7, 11) is 0. The Bertz CT molecular complexity index is 852. The molecular formula is C23H22O2. The van der Waals surface area contributed by atoms with Crippen LogP contribution < -0.4 is 4.74 Å². The van der Waals surface area contributed by atoms with Crippen LogP contribution in [0.15, 0.2) is 72.8 Å². The van der Waals surface area contributed by atoms with E-state index in [4.69, 9.17) is 4.74 Å². The van der Waals surface area contributed by atoms with Gasteiger partial charge in [-0.15, -0.1) is 0 Å². The molecule has 0 N–H and O–H groups in total. The van der Waals surface area contributed by atoms with Crippen LogP contribution in [-0.2, 0) is 17.6 Å². The number of Topliss-reactive ketones (excluding diaryl/α,β-unsaturated/α-hetero) is 1. The molecule has 0 atom stereocenters. The molecule has 3 aromatic rings. The molecule has 2 nitrogen and oxygen atoms in total. The van der Waals surface area contributed by atoms with E-state index in [1.807, 2.05) is 80.6 Å². The van der Waals surface area contributed by atoms with Crippen LogP contribution in [0.3, 0.4) is 0 Å². The molecule has 126 valence electrons. The number of aryl methyl sites for hydroxylation is 2. The second-order valence-electron chi connectivity index (χ2n) is 6.34. The lowest BCUT2D eigenvalue weighted by Crippen LogP contribution is -2.08. The molecule has 0 aliphatic carbocycles. The highest BCUT2D eigenvalue weighted by molar-refractivity contribution is 5.83. The van der Waals surface area contributed by atoms with E-state index >= 15 is 0 Å². The molecule has 0 spiro atoms. The summed E-state index contributed by atoms with van der Waals surface area (Å²) in [5, 5.41) is 0. The van der Waals surface area contributed by atoms with Crippen molar-refractivity contribution >= 4 is 5.78 Å². The Hall–Kier alpha value is -2.87. The smallest absolute Gasteiger partial charge is 0.141 e. The summed E-state index contributed by atoms with van der Waals surface area (Å²) < 4.78 is 5.96. The van der Waals surface area contributed by atoms with Crippen molar-refractivity contribution < 1.29 is 9.53 Å². The fourth-order valence-corrected chi connectivity index (χ4v) is 2.86. The number of benzene rings is 3. The van der Waals surface area contributed by atoms with E-state index in [1.165, 1.54) is 0 Å². The van der Waals surface area contributed by atoms with E-state index in [2.05, 4.69) is 6.07 Å². The number of carbonyl (C=O) groups is 1. The highest BCUT2D eigenvalue weighted by atomic mass is 16.5. The molecule has 0 saturated carbocycles. The molecular weight excluding hydrogens is 308 g/mol. The van der Waals surface area contributed by atoms with Crippen molar-refractivity contribution in [2.24, 2.45) is 0 Å². The second-order valence-corrected chi connectivity index (χ2v) is 6.34. The molecule has 0 aromatic heterocycles. The zero-order valence-corrected chi connectivity index (χ0v) is 14.7. The average molecular weight is 330 g/mol. The van der Waals surface area contributed by atoms with Gasteiger partial charge in [0.05, 0.1) is 0 Å². The minimum absolute atomic E-state index is 0.227. The lowest BCUT2D eigenvalue weighted by atomic mass is 9.97. The molecule has 2 heteroatoms. The number of ketones is 1. The third kappa shape index (κ3) is 4.57. The van der Waals surface area contributed by atoms with Crippen LogP contribution in [0, 0.1) is 13.8 Å². The molecule has 0 radical (unpaired) electrons. The monoisotopic (exact) mass is 330 g/mol. The van der Waals surface area contributed by atoms with Gasteiger partial charge in [0.1, 0.15) is 17.3 Å². The van der Waals surface area contributed by atoms with Crippen LogP contribution in [0.4, 0.5) is 0 Å². The van der Waals surface area contributed by atoms with Crippen molar-refractivity contribution in [2.45, 2.75) is 26.7 Å². The van der Waals surface area contributed by atoms with Gasteiger partial charge in [-0.2, -0.15) is 0 Å². The third-order valence-corrected chi connectivity index (χ3v) is 4.24. The van der Waals surface area contributed by atoms with Gasteiger partial charge < -0.3 is 4.74 Å².